The topological polar surface area (TPSA) is 77.4 Å². The van der Waals surface area contributed by atoms with Crippen molar-refractivity contribution >= 4 is 0 Å². The third-order valence-electron chi connectivity index (χ3n) is 4.67. The smallest absolute Gasteiger partial charge is 0.184 e. The van der Waals surface area contributed by atoms with Crippen LogP contribution in [0.15, 0.2) is 60.7 Å². The maximum Gasteiger partial charge on any atom is 0.184 e. The number of aliphatic hydroxyl groups excluding tert-OH is 2. The van der Waals surface area contributed by atoms with Crippen molar-refractivity contribution in [3.63, 3.8) is 0 Å². The summed E-state index contributed by atoms with van der Waals surface area (Å²) in [5, 5.41) is 19.8. The quantitative estimate of drug-likeness (QED) is 0.870. The molecule has 0 aliphatic carbocycles. The molecule has 0 bridgehead atoms. The first-order valence-corrected chi connectivity index (χ1v) is 8.73. The average molecular weight is 358 g/mol. The third kappa shape index (κ3) is 3.53. The van der Waals surface area contributed by atoms with Gasteiger partial charge in [0.25, 0.3) is 0 Å². The molecule has 2 aliphatic rings. The van der Waals surface area contributed by atoms with Crippen LogP contribution in [-0.2, 0) is 18.9 Å². The van der Waals surface area contributed by atoms with E-state index in [2.05, 4.69) is 0 Å². The normalized spacial score (nSPS) is 32.6. The summed E-state index contributed by atoms with van der Waals surface area (Å²) >= 11 is 0. The molecule has 6 nitrogen and oxygen atoms in total. The number of aliphatic hydroxyl groups is 2. The van der Waals surface area contributed by atoms with E-state index >= 15 is 0 Å². The summed E-state index contributed by atoms with van der Waals surface area (Å²) in [7, 11) is 0. The van der Waals surface area contributed by atoms with E-state index in [1.165, 1.54) is 0 Å². The molecule has 0 spiro atoms. The molecule has 0 aromatic heterocycles. The van der Waals surface area contributed by atoms with Crippen molar-refractivity contribution in [2.24, 2.45) is 0 Å². The highest BCUT2D eigenvalue weighted by Crippen LogP contribution is 2.38. The van der Waals surface area contributed by atoms with Crippen molar-refractivity contribution in [1.82, 2.24) is 0 Å². The Bertz CT molecular complexity index is 692. The van der Waals surface area contributed by atoms with Gasteiger partial charge in [-0.2, -0.15) is 0 Å². The zero-order valence-corrected chi connectivity index (χ0v) is 14.2. The minimum absolute atomic E-state index is 0.311. The summed E-state index contributed by atoms with van der Waals surface area (Å²) in [6.07, 6.45) is -3.96. The number of hydrogen-bond donors (Lipinski definition) is 2. The van der Waals surface area contributed by atoms with Gasteiger partial charge in [-0.1, -0.05) is 60.7 Å². The molecule has 6 heteroatoms. The molecule has 2 heterocycles. The van der Waals surface area contributed by atoms with E-state index in [4.69, 9.17) is 18.9 Å². The van der Waals surface area contributed by atoms with Crippen molar-refractivity contribution < 1.29 is 29.2 Å². The molecule has 4 rings (SSSR count). The Balaban J connectivity index is 1.56. The van der Waals surface area contributed by atoms with Crippen molar-refractivity contribution in [2.75, 3.05) is 13.2 Å². The Morgan fingerprint density at radius 2 is 1.46 bits per heavy atom. The van der Waals surface area contributed by atoms with Crippen molar-refractivity contribution in [2.45, 2.75) is 37.0 Å². The molecule has 2 fully saturated rings. The first-order chi connectivity index (χ1) is 12.8. The Hall–Kier alpha value is -1.80. The van der Waals surface area contributed by atoms with E-state index < -0.39 is 43.6 Å². The lowest BCUT2D eigenvalue weighted by Crippen LogP contribution is -2.58. The summed E-state index contributed by atoms with van der Waals surface area (Å²) < 4.78 is 23.9. The summed E-state index contributed by atoms with van der Waals surface area (Å²) in [6.45, 7) is -0.110. The SMILES string of the molecule is OC[C@@H](O)[C@@H]1OC(c2ccccc2)O[C@H]2COC(c3ccccc3)O[C@H]12. The van der Waals surface area contributed by atoms with Crippen LogP contribution in [0.2, 0.25) is 0 Å². The molecule has 26 heavy (non-hydrogen) atoms. The van der Waals surface area contributed by atoms with Gasteiger partial charge in [0.15, 0.2) is 12.6 Å². The molecule has 2 unspecified atom stereocenters. The standard InChI is InChI=1S/C20H22O6/c21-11-15(22)17-18-16(24-20(25-17)14-9-5-2-6-10-14)12-23-19(26-18)13-7-3-1-4-8-13/h1-10,15-22H,11-12H2/t15-,16+,17+,18+,19?,20?/m1/s1. The van der Waals surface area contributed by atoms with Crippen molar-refractivity contribution in [1.29, 1.82) is 0 Å². The maximum atomic E-state index is 10.3. The zero-order valence-electron chi connectivity index (χ0n) is 14.2. The lowest BCUT2D eigenvalue weighted by molar-refractivity contribution is -0.373. The first-order valence-electron chi connectivity index (χ1n) is 8.73. The Morgan fingerprint density at radius 3 is 2.08 bits per heavy atom. The summed E-state index contributed by atoms with van der Waals surface area (Å²) in [4.78, 5) is 0. The van der Waals surface area contributed by atoms with Gasteiger partial charge in [-0.3, -0.25) is 0 Å². The van der Waals surface area contributed by atoms with E-state index in [1.807, 2.05) is 60.7 Å². The van der Waals surface area contributed by atoms with Crippen LogP contribution in [0.4, 0.5) is 0 Å². The fourth-order valence-electron chi connectivity index (χ4n) is 3.33. The van der Waals surface area contributed by atoms with Gasteiger partial charge in [-0.05, 0) is 0 Å². The van der Waals surface area contributed by atoms with E-state index in [-0.39, 0.29) is 0 Å². The van der Waals surface area contributed by atoms with Gasteiger partial charge in [0, 0.05) is 11.1 Å². The van der Waals surface area contributed by atoms with Crippen LogP contribution in [0.1, 0.15) is 23.7 Å². The summed E-state index contributed by atoms with van der Waals surface area (Å²) in [5.74, 6) is 0. The van der Waals surface area contributed by atoms with E-state index in [0.717, 1.165) is 11.1 Å². The van der Waals surface area contributed by atoms with Gasteiger partial charge in [0.2, 0.25) is 0 Å². The number of benzene rings is 2. The summed E-state index contributed by atoms with van der Waals surface area (Å²) in [5.41, 5.74) is 1.72. The van der Waals surface area contributed by atoms with Crippen LogP contribution in [-0.4, -0.2) is 47.8 Å². The predicted molar refractivity (Wildman–Crippen MR) is 92.0 cm³/mol. The highest BCUT2D eigenvalue weighted by molar-refractivity contribution is 5.18. The molecular formula is C20H22O6. The molecule has 2 aliphatic heterocycles. The molecule has 0 amide bonds. The van der Waals surface area contributed by atoms with Crippen LogP contribution in [0.3, 0.4) is 0 Å². The fraction of sp³-hybridized carbons (Fsp3) is 0.400. The Morgan fingerprint density at radius 1 is 0.846 bits per heavy atom. The maximum absolute atomic E-state index is 10.3. The fourth-order valence-corrected chi connectivity index (χ4v) is 3.33. The number of fused-ring (bicyclic) bond motifs is 1. The monoisotopic (exact) mass is 358 g/mol. The van der Waals surface area contributed by atoms with Crippen LogP contribution in [0, 0.1) is 0 Å². The third-order valence-corrected chi connectivity index (χ3v) is 4.67. The van der Waals surface area contributed by atoms with Crippen molar-refractivity contribution in [3.05, 3.63) is 71.8 Å². The lowest BCUT2D eigenvalue weighted by atomic mass is 9.99. The molecule has 0 radical (unpaired) electrons. The largest absolute Gasteiger partial charge is 0.394 e. The predicted octanol–water partition coefficient (Wildman–Crippen LogP) is 1.94. The van der Waals surface area contributed by atoms with Crippen LogP contribution in [0.25, 0.3) is 0 Å². The molecule has 2 N–H and O–H groups in total. The number of hydrogen-bond acceptors (Lipinski definition) is 6. The number of ether oxygens (including phenoxy) is 4. The van der Waals surface area contributed by atoms with Gasteiger partial charge >= 0.3 is 0 Å². The molecular weight excluding hydrogens is 336 g/mol. The van der Waals surface area contributed by atoms with E-state index in [0.29, 0.717) is 6.61 Å². The van der Waals surface area contributed by atoms with Crippen LogP contribution in [0.5, 0.6) is 0 Å². The summed E-state index contributed by atoms with van der Waals surface area (Å²) in [6, 6.07) is 19.1. The Kier molecular flexibility index (Phi) is 5.31. The van der Waals surface area contributed by atoms with Crippen LogP contribution >= 0.6 is 0 Å². The second kappa shape index (κ2) is 7.84. The van der Waals surface area contributed by atoms with Gasteiger partial charge < -0.3 is 29.2 Å². The van der Waals surface area contributed by atoms with Crippen LogP contribution < -0.4 is 0 Å². The second-order valence-electron chi connectivity index (χ2n) is 6.44. The Labute approximate surface area is 151 Å². The van der Waals surface area contributed by atoms with E-state index in [9.17, 15) is 10.2 Å². The van der Waals surface area contributed by atoms with Gasteiger partial charge in [0.1, 0.15) is 24.4 Å². The van der Waals surface area contributed by atoms with Gasteiger partial charge in [0.05, 0.1) is 13.2 Å². The molecule has 2 aromatic rings. The average Bonchev–Trinajstić information content (AvgIpc) is 2.73. The molecule has 138 valence electrons. The molecule has 6 atom stereocenters. The first kappa shape index (κ1) is 17.6. The van der Waals surface area contributed by atoms with Crippen molar-refractivity contribution in [3.8, 4) is 0 Å². The lowest BCUT2D eigenvalue weighted by Gasteiger charge is -2.47. The highest BCUT2D eigenvalue weighted by Gasteiger charge is 2.48. The molecule has 0 saturated carbocycles. The molecule has 2 saturated heterocycles. The molecule has 2 aromatic carbocycles. The van der Waals surface area contributed by atoms with Gasteiger partial charge in [-0.15, -0.1) is 0 Å². The second-order valence-corrected chi connectivity index (χ2v) is 6.44. The zero-order chi connectivity index (χ0) is 17.9. The minimum atomic E-state index is -1.08. The minimum Gasteiger partial charge on any atom is -0.394 e. The van der Waals surface area contributed by atoms with E-state index in [1.54, 1.807) is 0 Å². The van der Waals surface area contributed by atoms with Gasteiger partial charge in [-0.25, -0.2) is 0 Å². The highest BCUT2D eigenvalue weighted by atomic mass is 16.8. The number of rotatable bonds is 4.